The molecule has 0 bridgehead atoms. The van der Waals surface area contributed by atoms with E-state index < -0.39 is 5.72 Å². The van der Waals surface area contributed by atoms with Crippen LogP contribution in [0.15, 0.2) is 70.6 Å². The van der Waals surface area contributed by atoms with Crippen LogP contribution < -0.4 is 10.8 Å². The van der Waals surface area contributed by atoms with E-state index in [0.29, 0.717) is 24.8 Å². The van der Waals surface area contributed by atoms with Gasteiger partial charge in [0.2, 0.25) is 0 Å². The number of hydroxylamine groups is 1. The lowest BCUT2D eigenvalue weighted by molar-refractivity contribution is -0.0267. The van der Waals surface area contributed by atoms with Gasteiger partial charge < -0.3 is 5.32 Å². The number of rotatable bonds is 5. The monoisotopic (exact) mass is 322 g/mol. The molecular weight excluding hydrogens is 300 g/mol. The zero-order chi connectivity index (χ0) is 16.8. The molecule has 5 heteroatoms. The molecule has 2 N–H and O–H groups in total. The first-order chi connectivity index (χ1) is 11.6. The van der Waals surface area contributed by atoms with E-state index in [1.165, 1.54) is 5.56 Å². The molecule has 3 rings (SSSR count). The van der Waals surface area contributed by atoms with Crippen LogP contribution in [0.3, 0.4) is 0 Å². The van der Waals surface area contributed by atoms with E-state index in [9.17, 15) is 0 Å². The Kier molecular flexibility index (Phi) is 4.91. The van der Waals surface area contributed by atoms with E-state index >= 15 is 0 Å². The Labute approximate surface area is 142 Å². The molecular formula is C19H22N4O. The maximum atomic E-state index is 5.46. The van der Waals surface area contributed by atoms with Gasteiger partial charge in [0.05, 0.1) is 6.54 Å². The van der Waals surface area contributed by atoms with Gasteiger partial charge in [-0.1, -0.05) is 60.7 Å². The van der Waals surface area contributed by atoms with Gasteiger partial charge in [-0.3, -0.25) is 4.99 Å². The third kappa shape index (κ3) is 4.43. The smallest absolute Gasteiger partial charge is 0.191 e. The molecule has 0 saturated heterocycles. The first kappa shape index (κ1) is 16.2. The lowest BCUT2D eigenvalue weighted by Crippen LogP contribution is -2.37. The Bertz CT molecular complexity index is 724. The lowest BCUT2D eigenvalue weighted by atomic mass is 10.2. The Morgan fingerprint density at radius 3 is 2.25 bits per heavy atom. The highest BCUT2D eigenvalue weighted by Crippen LogP contribution is 2.14. The van der Waals surface area contributed by atoms with Crippen LogP contribution in [0.2, 0.25) is 0 Å². The summed E-state index contributed by atoms with van der Waals surface area (Å²) >= 11 is 0. The van der Waals surface area contributed by atoms with Gasteiger partial charge in [-0.2, -0.15) is 0 Å². The maximum absolute atomic E-state index is 5.46. The normalized spacial score (nSPS) is 16.4. The number of aliphatic imine (C=N–C) groups is 2. The highest BCUT2D eigenvalue weighted by Gasteiger charge is 2.28. The highest BCUT2D eigenvalue weighted by atomic mass is 16.7. The number of hydrogen-bond acceptors (Lipinski definition) is 4. The minimum atomic E-state index is -0.586. The van der Waals surface area contributed by atoms with Crippen LogP contribution >= 0.6 is 0 Å². The third-order valence-corrected chi connectivity index (χ3v) is 3.57. The van der Waals surface area contributed by atoms with Gasteiger partial charge >= 0.3 is 0 Å². The van der Waals surface area contributed by atoms with Crippen molar-refractivity contribution < 1.29 is 4.84 Å². The first-order valence-corrected chi connectivity index (χ1v) is 8.03. The number of nitrogens with zero attached hydrogens (tertiary/aromatic N) is 2. The van der Waals surface area contributed by atoms with Crippen molar-refractivity contribution in [2.75, 3.05) is 0 Å². The van der Waals surface area contributed by atoms with Crippen LogP contribution in [0.4, 0.5) is 0 Å². The van der Waals surface area contributed by atoms with Crippen molar-refractivity contribution in [2.24, 2.45) is 9.98 Å². The molecule has 0 radical (unpaired) electrons. The summed E-state index contributed by atoms with van der Waals surface area (Å²) in [6.07, 6.45) is 0. The molecule has 1 heterocycles. The minimum absolute atomic E-state index is 0.582. The molecule has 24 heavy (non-hydrogen) atoms. The average Bonchev–Trinajstić information content (AvgIpc) is 2.96. The summed E-state index contributed by atoms with van der Waals surface area (Å²) in [4.78, 5) is 14.7. The summed E-state index contributed by atoms with van der Waals surface area (Å²) in [5.41, 5.74) is 4.62. The minimum Gasteiger partial charge on any atom is -0.363 e. The van der Waals surface area contributed by atoms with Crippen molar-refractivity contribution in [2.45, 2.75) is 32.7 Å². The number of nitrogens with one attached hydrogen (secondary N) is 2. The Balaban J connectivity index is 1.76. The molecule has 0 fully saturated rings. The molecule has 0 spiro atoms. The number of amidine groups is 2. The van der Waals surface area contributed by atoms with E-state index in [1.54, 1.807) is 0 Å². The van der Waals surface area contributed by atoms with E-state index in [1.807, 2.05) is 50.2 Å². The van der Waals surface area contributed by atoms with Crippen LogP contribution in [-0.4, -0.2) is 17.4 Å². The van der Waals surface area contributed by atoms with Crippen LogP contribution in [0, 0.1) is 0 Å². The molecule has 5 nitrogen and oxygen atoms in total. The lowest BCUT2D eigenvalue weighted by Gasteiger charge is -2.10. The molecule has 0 amide bonds. The summed E-state index contributed by atoms with van der Waals surface area (Å²) in [7, 11) is 0. The first-order valence-electron chi connectivity index (χ1n) is 8.03. The average molecular weight is 322 g/mol. The van der Waals surface area contributed by atoms with Crippen molar-refractivity contribution in [3.05, 3.63) is 71.8 Å². The van der Waals surface area contributed by atoms with Gasteiger partial charge in [0, 0.05) is 6.54 Å². The number of benzene rings is 2. The fraction of sp³-hybridized carbons (Fsp3) is 0.263. The van der Waals surface area contributed by atoms with Gasteiger partial charge in [0.25, 0.3) is 0 Å². The van der Waals surface area contributed by atoms with Crippen LogP contribution in [-0.2, 0) is 17.9 Å². The van der Waals surface area contributed by atoms with E-state index in [-0.39, 0.29) is 0 Å². The van der Waals surface area contributed by atoms with Crippen molar-refractivity contribution in [1.82, 2.24) is 10.8 Å². The van der Waals surface area contributed by atoms with Gasteiger partial charge in [0.1, 0.15) is 0 Å². The largest absolute Gasteiger partial charge is 0.363 e. The summed E-state index contributed by atoms with van der Waals surface area (Å²) in [5.74, 6) is 1.33. The molecule has 0 aliphatic carbocycles. The zero-order valence-electron chi connectivity index (χ0n) is 14.0. The van der Waals surface area contributed by atoms with Gasteiger partial charge in [-0.05, 0) is 25.0 Å². The molecule has 1 aliphatic heterocycles. The highest BCUT2D eigenvalue weighted by molar-refractivity contribution is 6.40. The Morgan fingerprint density at radius 2 is 1.67 bits per heavy atom. The Morgan fingerprint density at radius 1 is 1.04 bits per heavy atom. The zero-order valence-corrected chi connectivity index (χ0v) is 14.0. The second-order valence-electron chi connectivity index (χ2n) is 6.10. The van der Waals surface area contributed by atoms with Gasteiger partial charge in [0.15, 0.2) is 17.4 Å². The molecule has 1 aliphatic rings. The van der Waals surface area contributed by atoms with E-state index in [2.05, 4.69) is 45.0 Å². The SMILES string of the molecule is CC1(C)N=C(C(=NCc2ccccc2)NCc2ccccc2)NO1. The van der Waals surface area contributed by atoms with E-state index in [4.69, 9.17) is 4.84 Å². The van der Waals surface area contributed by atoms with Crippen LogP contribution in [0.5, 0.6) is 0 Å². The fourth-order valence-electron chi connectivity index (χ4n) is 2.34. The van der Waals surface area contributed by atoms with Crippen LogP contribution in [0.1, 0.15) is 25.0 Å². The summed E-state index contributed by atoms with van der Waals surface area (Å²) in [6.45, 7) is 5.06. The Hall–Kier alpha value is -2.66. The summed E-state index contributed by atoms with van der Waals surface area (Å²) in [6, 6.07) is 20.3. The molecule has 2 aromatic rings. The summed E-state index contributed by atoms with van der Waals surface area (Å²) < 4.78 is 0. The molecule has 0 unspecified atom stereocenters. The molecule has 2 aromatic carbocycles. The third-order valence-electron chi connectivity index (χ3n) is 3.57. The quantitative estimate of drug-likeness (QED) is 0.657. The summed E-state index contributed by atoms with van der Waals surface area (Å²) in [5, 5.41) is 3.36. The topological polar surface area (TPSA) is 58.0 Å². The second-order valence-corrected chi connectivity index (χ2v) is 6.10. The van der Waals surface area contributed by atoms with Gasteiger partial charge in [-0.25, -0.2) is 15.3 Å². The predicted molar refractivity (Wildman–Crippen MR) is 96.6 cm³/mol. The predicted octanol–water partition coefficient (Wildman–Crippen LogP) is 3.04. The molecule has 0 atom stereocenters. The molecule has 124 valence electrons. The van der Waals surface area contributed by atoms with Crippen LogP contribution in [0.25, 0.3) is 0 Å². The number of hydrogen-bond donors (Lipinski definition) is 2. The van der Waals surface area contributed by atoms with Crippen molar-refractivity contribution in [3.8, 4) is 0 Å². The maximum Gasteiger partial charge on any atom is 0.191 e. The van der Waals surface area contributed by atoms with Crippen molar-refractivity contribution in [3.63, 3.8) is 0 Å². The fourth-order valence-corrected chi connectivity index (χ4v) is 2.34. The molecule has 0 aromatic heterocycles. The van der Waals surface area contributed by atoms with E-state index in [0.717, 1.165) is 5.56 Å². The molecule has 0 saturated carbocycles. The second kappa shape index (κ2) is 7.27. The standard InChI is InChI=1S/C19H22N4O/c1-19(2)22-18(23-24-19)17(20-13-15-9-5-3-6-10-15)21-14-16-11-7-4-8-12-16/h3-12H,13-14H2,1-2H3,(H,20,21)(H,22,23). The van der Waals surface area contributed by atoms with Crippen molar-refractivity contribution >= 4 is 11.7 Å². The van der Waals surface area contributed by atoms with Gasteiger partial charge in [-0.15, -0.1) is 0 Å². The van der Waals surface area contributed by atoms with Crippen molar-refractivity contribution in [1.29, 1.82) is 0 Å².